The molecular weight excluding hydrogens is 223 g/mol. The normalized spacial score (nSPS) is 15.1. The monoisotopic (exact) mass is 238 g/mol. The van der Waals surface area contributed by atoms with E-state index in [1.165, 1.54) is 4.43 Å². The molecule has 0 heterocycles. The first kappa shape index (κ1) is 9.47. The van der Waals surface area contributed by atoms with Crippen molar-refractivity contribution >= 4 is 22.6 Å². The molecule has 9 heavy (non-hydrogen) atoms. The Balaban J connectivity index is 3.95. The van der Waals surface area contributed by atoms with Crippen molar-refractivity contribution in [3.63, 3.8) is 0 Å². The van der Waals surface area contributed by atoms with E-state index in [2.05, 4.69) is 49.9 Å². The van der Waals surface area contributed by atoms with E-state index in [9.17, 15) is 0 Å². The summed E-state index contributed by atoms with van der Waals surface area (Å²) in [5.41, 5.74) is 0.419. The lowest BCUT2D eigenvalue weighted by atomic mass is 9.82. The van der Waals surface area contributed by atoms with E-state index >= 15 is 0 Å². The van der Waals surface area contributed by atoms with E-state index in [1.807, 2.05) is 6.08 Å². The molecule has 0 radical (unpaired) electrons. The van der Waals surface area contributed by atoms with Gasteiger partial charge in [0.25, 0.3) is 0 Å². The summed E-state index contributed by atoms with van der Waals surface area (Å²) >= 11 is 2.42. The molecule has 0 fully saturated rings. The quantitative estimate of drug-likeness (QED) is 0.402. The molecule has 0 saturated heterocycles. The van der Waals surface area contributed by atoms with E-state index in [0.29, 0.717) is 11.3 Å². The lowest BCUT2D eigenvalue weighted by Gasteiger charge is -2.26. The fourth-order valence-electron chi connectivity index (χ4n) is 0.441. The molecule has 0 N–H and O–H groups in total. The van der Waals surface area contributed by atoms with Crippen molar-refractivity contribution < 1.29 is 0 Å². The van der Waals surface area contributed by atoms with E-state index in [1.54, 1.807) is 0 Å². The molecule has 54 valence electrons. The predicted molar refractivity (Wildman–Crippen MR) is 52.0 cm³/mol. The van der Waals surface area contributed by atoms with Crippen LogP contribution in [0.2, 0.25) is 0 Å². The van der Waals surface area contributed by atoms with Gasteiger partial charge in [0.05, 0.1) is 0 Å². The minimum Gasteiger partial charge on any atom is -0.103 e. The molecule has 0 amide bonds. The fraction of sp³-hybridized carbons (Fsp3) is 0.750. The van der Waals surface area contributed by atoms with Gasteiger partial charge in [0, 0.05) is 4.43 Å². The Morgan fingerprint density at radius 1 is 1.67 bits per heavy atom. The van der Waals surface area contributed by atoms with E-state index in [0.717, 1.165) is 0 Å². The summed E-state index contributed by atoms with van der Waals surface area (Å²) in [7, 11) is 0. The van der Waals surface area contributed by atoms with E-state index in [4.69, 9.17) is 0 Å². The molecule has 0 saturated carbocycles. The summed E-state index contributed by atoms with van der Waals surface area (Å²) in [6.07, 6.45) is 2.03. The summed E-state index contributed by atoms with van der Waals surface area (Å²) in [5, 5.41) is 0. The Labute approximate surface area is 71.9 Å². The number of allylic oxidation sites excluding steroid dienone is 1. The van der Waals surface area contributed by atoms with Crippen LogP contribution in [0.25, 0.3) is 0 Å². The van der Waals surface area contributed by atoms with Gasteiger partial charge >= 0.3 is 0 Å². The highest BCUT2D eigenvalue weighted by atomic mass is 127. The summed E-state index contributed by atoms with van der Waals surface area (Å²) in [4.78, 5) is 0. The van der Waals surface area contributed by atoms with Gasteiger partial charge in [-0.2, -0.15) is 0 Å². The Hall–Kier alpha value is 0.470. The van der Waals surface area contributed by atoms with Crippen molar-refractivity contribution in [2.24, 2.45) is 11.3 Å². The number of halogens is 1. The molecule has 0 aromatic carbocycles. The highest BCUT2D eigenvalue weighted by Gasteiger charge is 2.21. The first-order chi connectivity index (χ1) is 4.04. The Kier molecular flexibility index (Phi) is 3.78. The van der Waals surface area contributed by atoms with Crippen molar-refractivity contribution in [2.75, 3.05) is 4.43 Å². The van der Waals surface area contributed by atoms with Crippen LogP contribution < -0.4 is 0 Å². The van der Waals surface area contributed by atoms with Gasteiger partial charge in [0.1, 0.15) is 0 Å². The zero-order chi connectivity index (χ0) is 7.49. The zero-order valence-corrected chi connectivity index (χ0v) is 8.60. The number of hydrogen-bond acceptors (Lipinski definition) is 0. The largest absolute Gasteiger partial charge is 0.103 e. The van der Waals surface area contributed by atoms with E-state index < -0.39 is 0 Å². The summed E-state index contributed by atoms with van der Waals surface area (Å²) in [5.74, 6) is 0.620. The Morgan fingerprint density at radius 3 is 2.22 bits per heavy atom. The molecule has 0 rings (SSSR count). The standard InChI is InChI=1S/C8H15I/c1-5-7(2)8(3,4)6-9/h5,7H,1,6H2,2-4H3. The number of hydrogen-bond donors (Lipinski definition) is 0. The highest BCUT2D eigenvalue weighted by molar-refractivity contribution is 14.1. The first-order valence-corrected chi connectivity index (χ1v) is 4.75. The van der Waals surface area contributed by atoms with Gasteiger partial charge in [-0.25, -0.2) is 0 Å². The molecule has 0 aliphatic carbocycles. The average Bonchev–Trinajstić information content (AvgIpc) is 1.86. The molecule has 0 aromatic heterocycles. The van der Waals surface area contributed by atoms with Crippen LogP contribution in [0.15, 0.2) is 12.7 Å². The van der Waals surface area contributed by atoms with Crippen molar-refractivity contribution in [3.05, 3.63) is 12.7 Å². The highest BCUT2D eigenvalue weighted by Crippen LogP contribution is 2.28. The van der Waals surface area contributed by atoms with Crippen LogP contribution in [-0.4, -0.2) is 4.43 Å². The van der Waals surface area contributed by atoms with Gasteiger partial charge < -0.3 is 0 Å². The average molecular weight is 238 g/mol. The molecular formula is C8H15I. The van der Waals surface area contributed by atoms with Gasteiger partial charge in [0.15, 0.2) is 0 Å². The van der Waals surface area contributed by atoms with Crippen LogP contribution >= 0.6 is 22.6 Å². The molecule has 0 bridgehead atoms. The van der Waals surface area contributed by atoms with Crippen molar-refractivity contribution in [1.29, 1.82) is 0 Å². The maximum atomic E-state index is 3.77. The molecule has 0 nitrogen and oxygen atoms in total. The van der Waals surface area contributed by atoms with Gasteiger partial charge in [0.2, 0.25) is 0 Å². The first-order valence-electron chi connectivity index (χ1n) is 3.23. The van der Waals surface area contributed by atoms with Crippen LogP contribution in [0.5, 0.6) is 0 Å². The Bertz CT molecular complexity index is 94.7. The topological polar surface area (TPSA) is 0 Å². The minimum atomic E-state index is 0.419. The minimum absolute atomic E-state index is 0.419. The van der Waals surface area contributed by atoms with Crippen LogP contribution in [0.4, 0.5) is 0 Å². The SMILES string of the molecule is C=CC(C)C(C)(C)CI. The smallest absolute Gasteiger partial charge is 0.00522 e. The van der Waals surface area contributed by atoms with Gasteiger partial charge in [-0.05, 0) is 11.3 Å². The lowest BCUT2D eigenvalue weighted by Crippen LogP contribution is -2.21. The van der Waals surface area contributed by atoms with Gasteiger partial charge in [-0.1, -0.05) is 49.4 Å². The molecule has 1 heteroatoms. The van der Waals surface area contributed by atoms with Crippen LogP contribution in [-0.2, 0) is 0 Å². The second-order valence-corrected chi connectivity index (χ2v) is 3.91. The third kappa shape index (κ3) is 2.70. The third-order valence-electron chi connectivity index (χ3n) is 1.93. The molecule has 1 atom stereocenters. The van der Waals surface area contributed by atoms with Crippen LogP contribution in [0, 0.1) is 11.3 Å². The van der Waals surface area contributed by atoms with Gasteiger partial charge in [-0.15, -0.1) is 6.58 Å². The number of alkyl halides is 1. The molecule has 1 unspecified atom stereocenters. The van der Waals surface area contributed by atoms with E-state index in [-0.39, 0.29) is 0 Å². The zero-order valence-electron chi connectivity index (χ0n) is 6.45. The summed E-state index contributed by atoms with van der Waals surface area (Å²) in [6, 6.07) is 0. The fourth-order valence-corrected chi connectivity index (χ4v) is 1.14. The molecule has 0 aliphatic heterocycles. The second kappa shape index (κ2) is 3.59. The Morgan fingerprint density at radius 2 is 2.11 bits per heavy atom. The lowest BCUT2D eigenvalue weighted by molar-refractivity contribution is 0.329. The third-order valence-corrected chi connectivity index (χ3v) is 3.90. The van der Waals surface area contributed by atoms with Crippen molar-refractivity contribution in [2.45, 2.75) is 20.8 Å². The molecule has 0 aromatic rings. The summed E-state index contributed by atoms with van der Waals surface area (Å²) in [6.45, 7) is 10.5. The number of rotatable bonds is 3. The van der Waals surface area contributed by atoms with Crippen molar-refractivity contribution in [1.82, 2.24) is 0 Å². The van der Waals surface area contributed by atoms with Crippen LogP contribution in [0.1, 0.15) is 20.8 Å². The maximum Gasteiger partial charge on any atom is 0.00522 e. The van der Waals surface area contributed by atoms with Gasteiger partial charge in [-0.3, -0.25) is 0 Å². The molecule has 0 spiro atoms. The van der Waals surface area contributed by atoms with Crippen LogP contribution in [0.3, 0.4) is 0 Å². The molecule has 0 aliphatic rings. The maximum absolute atomic E-state index is 3.77. The van der Waals surface area contributed by atoms with Crippen molar-refractivity contribution in [3.8, 4) is 0 Å². The predicted octanol–water partition coefficient (Wildman–Crippen LogP) is 3.27. The second-order valence-electron chi connectivity index (χ2n) is 3.15. The summed E-state index contributed by atoms with van der Waals surface area (Å²) < 4.78 is 1.19.